The molecule has 0 saturated heterocycles. The molecule has 0 unspecified atom stereocenters. The number of benzene rings is 3. The summed E-state index contributed by atoms with van der Waals surface area (Å²) in [6, 6.07) is 15.2. The molecule has 134 valence electrons. The first-order chi connectivity index (χ1) is 12.3. The Morgan fingerprint density at radius 1 is 0.577 bits per heavy atom. The molecule has 0 aliphatic heterocycles. The van der Waals surface area contributed by atoms with E-state index in [4.69, 9.17) is 0 Å². The van der Waals surface area contributed by atoms with Crippen molar-refractivity contribution in [1.29, 1.82) is 0 Å². The molecule has 3 aromatic carbocycles. The second kappa shape index (κ2) is 7.12. The molecule has 3 aromatic rings. The second-order valence-corrected chi connectivity index (χ2v) is 7.02. The summed E-state index contributed by atoms with van der Waals surface area (Å²) in [5.41, 5.74) is 6.71. The van der Waals surface area contributed by atoms with Gasteiger partial charge in [-0.15, -0.1) is 0 Å². The SMILES string of the molecule is Cc1cc(Cc2cc(C)c(O)c(Cc3ccc(O)c(C)c3)c2)ccc1O. The van der Waals surface area contributed by atoms with Crippen LogP contribution < -0.4 is 0 Å². The first-order valence-corrected chi connectivity index (χ1v) is 8.72. The predicted molar refractivity (Wildman–Crippen MR) is 104 cm³/mol. The lowest BCUT2D eigenvalue weighted by Gasteiger charge is -2.12. The molecule has 0 atom stereocenters. The summed E-state index contributed by atoms with van der Waals surface area (Å²) in [6.07, 6.45) is 1.35. The van der Waals surface area contributed by atoms with Gasteiger partial charge >= 0.3 is 0 Å². The summed E-state index contributed by atoms with van der Waals surface area (Å²) in [5.74, 6) is 0.908. The lowest BCUT2D eigenvalue weighted by atomic mass is 9.95. The molecule has 0 aromatic heterocycles. The molecule has 0 spiro atoms. The number of phenols is 3. The minimum absolute atomic E-state index is 0.283. The number of rotatable bonds is 4. The zero-order chi connectivity index (χ0) is 18.8. The van der Waals surface area contributed by atoms with Crippen LogP contribution in [0.3, 0.4) is 0 Å². The number of phenolic OH excluding ortho intramolecular Hbond substituents is 3. The lowest BCUT2D eigenvalue weighted by Crippen LogP contribution is -1.96. The molecular weight excluding hydrogens is 324 g/mol. The van der Waals surface area contributed by atoms with Crippen molar-refractivity contribution in [3.05, 3.63) is 87.5 Å². The molecule has 0 radical (unpaired) electrons. The van der Waals surface area contributed by atoms with Crippen LogP contribution in [0.15, 0.2) is 48.5 Å². The van der Waals surface area contributed by atoms with Crippen LogP contribution in [0.4, 0.5) is 0 Å². The fourth-order valence-corrected chi connectivity index (χ4v) is 3.28. The van der Waals surface area contributed by atoms with Crippen molar-refractivity contribution in [2.24, 2.45) is 0 Å². The Morgan fingerprint density at radius 2 is 1.08 bits per heavy atom. The van der Waals surface area contributed by atoms with E-state index < -0.39 is 0 Å². The molecule has 0 amide bonds. The minimum Gasteiger partial charge on any atom is -0.508 e. The molecule has 26 heavy (non-hydrogen) atoms. The highest BCUT2D eigenvalue weighted by Crippen LogP contribution is 2.29. The Kier molecular flexibility index (Phi) is 4.90. The molecule has 0 fully saturated rings. The van der Waals surface area contributed by atoms with Gasteiger partial charge in [0.05, 0.1) is 0 Å². The van der Waals surface area contributed by atoms with Crippen LogP contribution in [0.5, 0.6) is 17.2 Å². The molecule has 3 nitrogen and oxygen atoms in total. The van der Waals surface area contributed by atoms with Gasteiger partial charge in [-0.2, -0.15) is 0 Å². The number of hydrogen-bond acceptors (Lipinski definition) is 3. The minimum atomic E-state index is 0.283. The summed E-state index contributed by atoms with van der Waals surface area (Å²) in [6.45, 7) is 5.67. The van der Waals surface area contributed by atoms with Crippen molar-refractivity contribution in [2.45, 2.75) is 33.6 Å². The quantitative estimate of drug-likeness (QED) is 0.628. The maximum Gasteiger partial charge on any atom is 0.122 e. The third-order valence-corrected chi connectivity index (χ3v) is 4.76. The fourth-order valence-electron chi connectivity index (χ4n) is 3.28. The Labute approximate surface area is 154 Å². The molecule has 0 aliphatic rings. The van der Waals surface area contributed by atoms with Crippen molar-refractivity contribution in [1.82, 2.24) is 0 Å². The number of hydrogen-bond donors (Lipinski definition) is 3. The Morgan fingerprint density at radius 3 is 1.62 bits per heavy atom. The monoisotopic (exact) mass is 348 g/mol. The summed E-state index contributed by atoms with van der Waals surface area (Å²) in [5, 5.41) is 29.9. The third kappa shape index (κ3) is 3.83. The van der Waals surface area contributed by atoms with Gasteiger partial charge in [0.25, 0.3) is 0 Å². The number of aryl methyl sites for hydroxylation is 3. The summed E-state index contributed by atoms with van der Waals surface area (Å²) in [4.78, 5) is 0. The van der Waals surface area contributed by atoms with E-state index in [1.165, 1.54) is 0 Å². The predicted octanol–water partition coefficient (Wildman–Crippen LogP) is 4.91. The first kappa shape index (κ1) is 17.9. The molecule has 0 bridgehead atoms. The van der Waals surface area contributed by atoms with E-state index in [9.17, 15) is 15.3 Å². The maximum absolute atomic E-state index is 10.5. The van der Waals surface area contributed by atoms with Gasteiger partial charge in [0, 0.05) is 6.42 Å². The van der Waals surface area contributed by atoms with Crippen LogP contribution in [0, 0.1) is 20.8 Å². The van der Waals surface area contributed by atoms with Crippen LogP contribution >= 0.6 is 0 Å². The van der Waals surface area contributed by atoms with E-state index in [0.717, 1.165) is 45.4 Å². The van der Waals surface area contributed by atoms with Crippen LogP contribution in [0.2, 0.25) is 0 Å². The van der Waals surface area contributed by atoms with Crippen molar-refractivity contribution >= 4 is 0 Å². The topological polar surface area (TPSA) is 60.7 Å². The normalized spacial score (nSPS) is 10.9. The van der Waals surface area contributed by atoms with Crippen molar-refractivity contribution in [2.75, 3.05) is 0 Å². The number of aromatic hydroxyl groups is 3. The largest absolute Gasteiger partial charge is 0.508 e. The molecular formula is C23H24O3. The zero-order valence-electron chi connectivity index (χ0n) is 15.4. The van der Waals surface area contributed by atoms with Gasteiger partial charge in [-0.25, -0.2) is 0 Å². The molecule has 0 aliphatic carbocycles. The Bertz CT molecular complexity index is 958. The summed E-state index contributed by atoms with van der Waals surface area (Å²) >= 11 is 0. The average Bonchev–Trinajstić information content (AvgIpc) is 2.59. The maximum atomic E-state index is 10.5. The smallest absolute Gasteiger partial charge is 0.122 e. The van der Waals surface area contributed by atoms with E-state index in [0.29, 0.717) is 17.9 Å². The van der Waals surface area contributed by atoms with Gasteiger partial charge in [-0.1, -0.05) is 36.4 Å². The summed E-state index contributed by atoms with van der Waals surface area (Å²) < 4.78 is 0. The lowest BCUT2D eigenvalue weighted by molar-refractivity contribution is 0.464. The van der Waals surface area contributed by atoms with Gasteiger partial charge < -0.3 is 15.3 Å². The molecule has 0 heterocycles. The molecule has 3 heteroatoms. The van der Waals surface area contributed by atoms with E-state index >= 15 is 0 Å². The fraction of sp³-hybridized carbons (Fsp3) is 0.217. The van der Waals surface area contributed by atoms with Crippen LogP contribution in [-0.4, -0.2) is 15.3 Å². The molecule has 3 rings (SSSR count). The van der Waals surface area contributed by atoms with Gasteiger partial charge in [0.1, 0.15) is 17.2 Å². The first-order valence-electron chi connectivity index (χ1n) is 8.72. The standard InChI is InChI=1S/C23H24O3/c1-14-8-17(4-6-21(14)24)11-19-10-16(3)23(26)20(13-19)12-18-5-7-22(25)15(2)9-18/h4-10,13,24-26H,11-12H2,1-3H3. The van der Waals surface area contributed by atoms with E-state index in [1.807, 2.05) is 57.2 Å². The van der Waals surface area contributed by atoms with Gasteiger partial charge in [-0.3, -0.25) is 0 Å². The van der Waals surface area contributed by atoms with Crippen molar-refractivity contribution in [3.8, 4) is 17.2 Å². The summed E-state index contributed by atoms with van der Waals surface area (Å²) in [7, 11) is 0. The highest BCUT2D eigenvalue weighted by atomic mass is 16.3. The zero-order valence-corrected chi connectivity index (χ0v) is 15.4. The second-order valence-electron chi connectivity index (χ2n) is 7.02. The van der Waals surface area contributed by atoms with Crippen molar-refractivity contribution < 1.29 is 15.3 Å². The Hall–Kier alpha value is -2.94. The van der Waals surface area contributed by atoms with E-state index in [-0.39, 0.29) is 5.75 Å². The van der Waals surface area contributed by atoms with Gasteiger partial charge in [0.2, 0.25) is 0 Å². The third-order valence-electron chi connectivity index (χ3n) is 4.76. The molecule has 3 N–H and O–H groups in total. The molecule has 0 saturated carbocycles. The van der Waals surface area contributed by atoms with Gasteiger partial charge in [0.15, 0.2) is 0 Å². The highest BCUT2D eigenvalue weighted by molar-refractivity contribution is 5.48. The average molecular weight is 348 g/mol. The van der Waals surface area contributed by atoms with E-state index in [1.54, 1.807) is 12.1 Å². The van der Waals surface area contributed by atoms with Crippen molar-refractivity contribution in [3.63, 3.8) is 0 Å². The van der Waals surface area contributed by atoms with Gasteiger partial charge in [-0.05, 0) is 78.3 Å². The van der Waals surface area contributed by atoms with Crippen LogP contribution in [0.1, 0.15) is 38.9 Å². The van der Waals surface area contributed by atoms with Crippen LogP contribution in [-0.2, 0) is 12.8 Å². The Balaban J connectivity index is 1.91. The van der Waals surface area contributed by atoms with E-state index in [2.05, 4.69) is 0 Å². The van der Waals surface area contributed by atoms with Crippen LogP contribution in [0.25, 0.3) is 0 Å². The highest BCUT2D eigenvalue weighted by Gasteiger charge is 2.10.